The van der Waals surface area contributed by atoms with Gasteiger partial charge in [0.1, 0.15) is 6.61 Å². The Hall–Kier alpha value is -2.73. The van der Waals surface area contributed by atoms with E-state index < -0.39 is 0 Å². The molecule has 0 atom stereocenters. The van der Waals surface area contributed by atoms with Gasteiger partial charge in [-0.3, -0.25) is 0 Å². The molecule has 0 radical (unpaired) electrons. The Balaban J connectivity index is 1.71. The van der Waals surface area contributed by atoms with Crippen LogP contribution in [0.3, 0.4) is 0 Å². The molecular formula is C19H24N4O4. The average Bonchev–Trinajstić information content (AvgIpc) is 3.23. The first-order chi connectivity index (χ1) is 13.3. The van der Waals surface area contributed by atoms with E-state index >= 15 is 0 Å². The molecule has 0 unspecified atom stereocenters. The Morgan fingerprint density at radius 1 is 1.07 bits per heavy atom. The highest BCUT2D eigenvalue weighted by atomic mass is 16.5. The van der Waals surface area contributed by atoms with Crippen molar-refractivity contribution in [1.82, 2.24) is 19.9 Å². The van der Waals surface area contributed by atoms with Crippen LogP contribution in [0.4, 0.5) is 4.79 Å². The third kappa shape index (κ3) is 8.00. The van der Waals surface area contributed by atoms with Gasteiger partial charge in [-0.1, -0.05) is 41.5 Å². The Morgan fingerprint density at radius 3 is 2.44 bits per heavy atom. The van der Waals surface area contributed by atoms with Gasteiger partial charge >= 0.3 is 6.03 Å². The second-order valence-electron chi connectivity index (χ2n) is 5.52. The number of aromatic nitrogens is 3. The number of carbonyl (C=O) groups excluding carboxylic acids is 1. The molecule has 0 aliphatic carbocycles. The molecule has 1 aromatic carbocycles. The van der Waals surface area contributed by atoms with Gasteiger partial charge in [0.25, 0.3) is 0 Å². The molecule has 2 rings (SSSR count). The minimum atomic E-state index is -0.248. The molecule has 0 aliphatic rings. The number of carbonyl (C=O) groups is 1. The van der Waals surface area contributed by atoms with Crippen molar-refractivity contribution in [3.05, 3.63) is 48.3 Å². The summed E-state index contributed by atoms with van der Waals surface area (Å²) in [6.07, 6.45) is 8.07. The number of ether oxygens (including phenoxy) is 3. The van der Waals surface area contributed by atoms with Crippen LogP contribution in [-0.4, -0.2) is 72.1 Å². The first kappa shape index (κ1) is 20.6. The second-order valence-corrected chi connectivity index (χ2v) is 5.52. The van der Waals surface area contributed by atoms with E-state index in [-0.39, 0.29) is 12.6 Å². The maximum absolute atomic E-state index is 12.6. The molecule has 1 heterocycles. The maximum Gasteiger partial charge on any atom is 0.346 e. The van der Waals surface area contributed by atoms with Gasteiger partial charge in [0.2, 0.25) is 0 Å². The standard InChI is InChI=1S/C19H24N4O4/c1-2-11-25-13-15-27-16-14-26-12-10-22(17-18-6-4-3-5-7-18)19(24)23-9-8-20-21-23/h1,3-9H,10-17H2. The first-order valence-electron chi connectivity index (χ1n) is 8.67. The van der Waals surface area contributed by atoms with E-state index in [1.54, 1.807) is 4.90 Å². The number of benzene rings is 1. The maximum atomic E-state index is 12.6. The van der Waals surface area contributed by atoms with Crippen molar-refractivity contribution in [3.8, 4) is 12.3 Å². The summed E-state index contributed by atoms with van der Waals surface area (Å²) in [4.78, 5) is 14.2. The highest BCUT2D eigenvalue weighted by Gasteiger charge is 2.16. The highest BCUT2D eigenvalue weighted by Crippen LogP contribution is 2.06. The molecule has 0 fully saturated rings. The minimum absolute atomic E-state index is 0.248. The van der Waals surface area contributed by atoms with Crippen molar-refractivity contribution in [1.29, 1.82) is 0 Å². The van der Waals surface area contributed by atoms with E-state index in [0.717, 1.165) is 5.56 Å². The van der Waals surface area contributed by atoms with Crippen molar-refractivity contribution < 1.29 is 19.0 Å². The Bertz CT molecular complexity index is 685. The quantitative estimate of drug-likeness (QED) is 0.414. The average molecular weight is 372 g/mol. The lowest BCUT2D eigenvalue weighted by molar-refractivity contribution is 0.0169. The molecule has 144 valence electrons. The molecule has 0 N–H and O–H groups in total. The second kappa shape index (κ2) is 12.6. The summed E-state index contributed by atoms with van der Waals surface area (Å²) in [6, 6.07) is 9.51. The van der Waals surface area contributed by atoms with Crippen LogP contribution in [0.2, 0.25) is 0 Å². The van der Waals surface area contributed by atoms with Gasteiger partial charge in [0, 0.05) is 13.1 Å². The zero-order chi connectivity index (χ0) is 19.2. The minimum Gasteiger partial charge on any atom is -0.377 e. The SMILES string of the molecule is C#CCOCCOCCOCCN(Cc1ccccc1)C(=O)n1ccnn1. The monoisotopic (exact) mass is 372 g/mol. The van der Waals surface area contributed by atoms with Crippen LogP contribution in [0.25, 0.3) is 0 Å². The summed E-state index contributed by atoms with van der Waals surface area (Å²) in [5.41, 5.74) is 1.03. The van der Waals surface area contributed by atoms with Crippen molar-refractivity contribution in [2.24, 2.45) is 0 Å². The lowest BCUT2D eigenvalue weighted by Crippen LogP contribution is -2.37. The van der Waals surface area contributed by atoms with Gasteiger partial charge in [-0.05, 0) is 5.56 Å². The number of nitrogens with zero attached hydrogens (tertiary/aromatic N) is 4. The summed E-state index contributed by atoms with van der Waals surface area (Å²) < 4.78 is 17.2. The molecule has 1 amide bonds. The molecule has 0 saturated carbocycles. The lowest BCUT2D eigenvalue weighted by atomic mass is 10.2. The fourth-order valence-corrected chi connectivity index (χ4v) is 2.25. The van der Waals surface area contributed by atoms with E-state index in [1.165, 1.54) is 17.1 Å². The predicted octanol–water partition coefficient (Wildman–Crippen LogP) is 1.43. The summed E-state index contributed by atoms with van der Waals surface area (Å²) in [6.45, 7) is 3.39. The summed E-state index contributed by atoms with van der Waals surface area (Å²) in [5, 5.41) is 7.45. The smallest absolute Gasteiger partial charge is 0.346 e. The third-order valence-corrected chi connectivity index (χ3v) is 3.54. The number of hydrogen-bond acceptors (Lipinski definition) is 6. The van der Waals surface area contributed by atoms with Crippen molar-refractivity contribution in [2.45, 2.75) is 6.54 Å². The summed E-state index contributed by atoms with van der Waals surface area (Å²) in [5.74, 6) is 2.39. The van der Waals surface area contributed by atoms with Crippen LogP contribution in [0.5, 0.6) is 0 Å². The largest absolute Gasteiger partial charge is 0.377 e. The fraction of sp³-hybridized carbons (Fsp3) is 0.421. The van der Waals surface area contributed by atoms with Gasteiger partial charge < -0.3 is 19.1 Å². The van der Waals surface area contributed by atoms with E-state index in [9.17, 15) is 4.79 Å². The number of amides is 1. The predicted molar refractivity (Wildman–Crippen MR) is 99.0 cm³/mol. The summed E-state index contributed by atoms with van der Waals surface area (Å²) in [7, 11) is 0. The third-order valence-electron chi connectivity index (χ3n) is 3.54. The molecule has 0 saturated heterocycles. The van der Waals surface area contributed by atoms with E-state index in [1.807, 2.05) is 30.3 Å². The van der Waals surface area contributed by atoms with E-state index in [2.05, 4.69) is 16.2 Å². The molecule has 8 heteroatoms. The van der Waals surface area contributed by atoms with Crippen molar-refractivity contribution >= 4 is 6.03 Å². The van der Waals surface area contributed by atoms with Crippen LogP contribution in [0.15, 0.2) is 42.7 Å². The first-order valence-corrected chi connectivity index (χ1v) is 8.67. The Kier molecular flexibility index (Phi) is 9.60. The molecule has 0 bridgehead atoms. The lowest BCUT2D eigenvalue weighted by Gasteiger charge is -2.22. The Morgan fingerprint density at radius 2 is 1.78 bits per heavy atom. The fourth-order valence-electron chi connectivity index (χ4n) is 2.25. The molecule has 0 spiro atoms. The van der Waals surface area contributed by atoms with Gasteiger partial charge in [-0.2, -0.15) is 4.68 Å². The van der Waals surface area contributed by atoms with Gasteiger partial charge in [-0.25, -0.2) is 4.79 Å². The molecule has 0 aliphatic heterocycles. The van der Waals surface area contributed by atoms with Crippen molar-refractivity contribution in [2.75, 3.05) is 46.2 Å². The van der Waals surface area contributed by atoms with Gasteiger partial charge in [0.15, 0.2) is 0 Å². The number of rotatable bonds is 12. The van der Waals surface area contributed by atoms with Crippen LogP contribution in [0, 0.1) is 12.3 Å². The number of terminal acetylenes is 1. The zero-order valence-corrected chi connectivity index (χ0v) is 15.2. The van der Waals surface area contributed by atoms with Crippen LogP contribution >= 0.6 is 0 Å². The van der Waals surface area contributed by atoms with Crippen LogP contribution in [0.1, 0.15) is 5.56 Å². The molecule has 2 aromatic rings. The van der Waals surface area contributed by atoms with Crippen LogP contribution < -0.4 is 0 Å². The van der Waals surface area contributed by atoms with E-state index in [0.29, 0.717) is 46.1 Å². The summed E-state index contributed by atoms with van der Waals surface area (Å²) >= 11 is 0. The topological polar surface area (TPSA) is 78.7 Å². The molecule has 1 aromatic heterocycles. The normalized spacial score (nSPS) is 10.5. The van der Waals surface area contributed by atoms with E-state index in [4.69, 9.17) is 20.6 Å². The van der Waals surface area contributed by atoms with Gasteiger partial charge in [0.05, 0.1) is 45.4 Å². The van der Waals surface area contributed by atoms with Gasteiger partial charge in [-0.15, -0.1) is 11.5 Å². The molecular weight excluding hydrogens is 348 g/mol. The number of hydrogen-bond donors (Lipinski definition) is 0. The molecule has 27 heavy (non-hydrogen) atoms. The Labute approximate surface area is 159 Å². The zero-order valence-electron chi connectivity index (χ0n) is 15.2. The van der Waals surface area contributed by atoms with Crippen LogP contribution in [-0.2, 0) is 20.8 Å². The molecule has 8 nitrogen and oxygen atoms in total. The van der Waals surface area contributed by atoms with Crippen molar-refractivity contribution in [3.63, 3.8) is 0 Å². The highest BCUT2D eigenvalue weighted by molar-refractivity contribution is 5.75.